The van der Waals surface area contributed by atoms with E-state index >= 15 is 0 Å². The largest absolute Gasteiger partial charge is 0.302 e. The predicted octanol–water partition coefficient (Wildman–Crippen LogP) is 4.02. The third-order valence-electron chi connectivity index (χ3n) is 5.00. The van der Waals surface area contributed by atoms with Crippen LogP contribution in [0, 0.1) is 0 Å². The average Bonchev–Trinajstić information content (AvgIpc) is 2.71. The van der Waals surface area contributed by atoms with Crippen LogP contribution in [0.2, 0.25) is 5.02 Å². The van der Waals surface area contributed by atoms with E-state index in [2.05, 4.69) is 23.7 Å². The molecular weight excluding hydrogens is 374 g/mol. The number of imide groups is 1. The number of amides is 2. The molecule has 2 amide bonds. The molecule has 6 heteroatoms. The molecule has 0 radical (unpaired) electrons. The van der Waals surface area contributed by atoms with Crippen molar-refractivity contribution in [3.63, 3.8) is 0 Å². The van der Waals surface area contributed by atoms with Gasteiger partial charge < -0.3 is 4.90 Å². The van der Waals surface area contributed by atoms with E-state index < -0.39 is 5.92 Å². The van der Waals surface area contributed by atoms with Crippen molar-refractivity contribution in [1.82, 2.24) is 4.90 Å². The highest BCUT2D eigenvalue weighted by Crippen LogP contribution is 2.35. The minimum Gasteiger partial charge on any atom is -0.302 e. The van der Waals surface area contributed by atoms with Gasteiger partial charge in [0.05, 0.1) is 23.2 Å². The number of fused-ring (bicyclic) bond motifs is 1. The standard InChI is InChI=1S/C22H24ClN3O2/c1-3-25(4-2)14-13-24-15-18-16-9-5-6-10-17(16)21(27)26(22(18)28)20-12-8-7-11-19(20)23/h5-12,15,18H,3-4,13-14H2,1-2H3. The first kappa shape index (κ1) is 20.2. The topological polar surface area (TPSA) is 53.0 Å². The quantitative estimate of drug-likeness (QED) is 0.523. The molecule has 1 atom stereocenters. The van der Waals surface area contributed by atoms with Gasteiger partial charge in [0.1, 0.15) is 0 Å². The SMILES string of the molecule is CCN(CC)CCN=CC1C(=O)N(c2ccccc2Cl)C(=O)c2ccccc21. The highest BCUT2D eigenvalue weighted by atomic mass is 35.5. The van der Waals surface area contributed by atoms with E-state index in [-0.39, 0.29) is 11.8 Å². The van der Waals surface area contributed by atoms with Gasteiger partial charge in [0.15, 0.2) is 0 Å². The molecule has 1 aliphatic rings. The maximum Gasteiger partial charge on any atom is 0.265 e. The van der Waals surface area contributed by atoms with Gasteiger partial charge in [-0.3, -0.25) is 14.6 Å². The Morgan fingerprint density at radius 2 is 1.75 bits per heavy atom. The fourth-order valence-corrected chi connectivity index (χ4v) is 3.60. The third kappa shape index (κ3) is 4.01. The Bertz CT molecular complexity index is 893. The van der Waals surface area contributed by atoms with Crippen molar-refractivity contribution in [2.24, 2.45) is 4.99 Å². The van der Waals surface area contributed by atoms with E-state index in [4.69, 9.17) is 11.6 Å². The molecule has 2 aromatic rings. The van der Waals surface area contributed by atoms with Crippen LogP contribution >= 0.6 is 11.6 Å². The number of anilines is 1. The Hall–Kier alpha value is -2.50. The molecule has 2 aromatic carbocycles. The molecule has 1 heterocycles. The van der Waals surface area contributed by atoms with E-state index in [1.54, 1.807) is 42.6 Å². The Balaban J connectivity index is 1.93. The first-order chi connectivity index (χ1) is 13.6. The van der Waals surface area contributed by atoms with Crippen LogP contribution in [0.15, 0.2) is 53.5 Å². The van der Waals surface area contributed by atoms with Gasteiger partial charge in [-0.15, -0.1) is 0 Å². The number of hydrogen-bond donors (Lipinski definition) is 0. The smallest absolute Gasteiger partial charge is 0.265 e. The Kier molecular flexibility index (Phi) is 6.60. The number of aliphatic imine (C=N–C) groups is 1. The van der Waals surface area contributed by atoms with Crippen molar-refractivity contribution in [3.05, 3.63) is 64.7 Å². The highest BCUT2D eigenvalue weighted by Gasteiger charge is 2.39. The van der Waals surface area contributed by atoms with Gasteiger partial charge in [0.2, 0.25) is 5.91 Å². The number of rotatable bonds is 7. The van der Waals surface area contributed by atoms with Gasteiger partial charge in [-0.05, 0) is 36.9 Å². The second-order valence-electron chi connectivity index (χ2n) is 6.58. The van der Waals surface area contributed by atoms with Gasteiger partial charge in [-0.2, -0.15) is 0 Å². The van der Waals surface area contributed by atoms with Crippen LogP contribution in [0.1, 0.15) is 35.7 Å². The fourth-order valence-electron chi connectivity index (χ4n) is 3.38. The van der Waals surface area contributed by atoms with Gasteiger partial charge in [-0.1, -0.05) is 55.8 Å². The Morgan fingerprint density at radius 3 is 2.46 bits per heavy atom. The van der Waals surface area contributed by atoms with Crippen molar-refractivity contribution in [2.45, 2.75) is 19.8 Å². The first-order valence-electron chi connectivity index (χ1n) is 9.52. The van der Waals surface area contributed by atoms with Crippen molar-refractivity contribution in [1.29, 1.82) is 0 Å². The minimum absolute atomic E-state index is 0.330. The molecule has 0 fully saturated rings. The van der Waals surface area contributed by atoms with Crippen LogP contribution in [0.25, 0.3) is 0 Å². The van der Waals surface area contributed by atoms with Gasteiger partial charge in [0, 0.05) is 18.3 Å². The molecule has 0 N–H and O–H groups in total. The maximum atomic E-state index is 13.2. The van der Waals surface area contributed by atoms with E-state index in [1.165, 1.54) is 4.90 Å². The molecule has 3 rings (SSSR count). The van der Waals surface area contributed by atoms with Gasteiger partial charge >= 0.3 is 0 Å². The number of para-hydroxylation sites is 1. The summed E-state index contributed by atoms with van der Waals surface area (Å²) < 4.78 is 0. The van der Waals surface area contributed by atoms with Crippen molar-refractivity contribution in [3.8, 4) is 0 Å². The predicted molar refractivity (Wildman–Crippen MR) is 114 cm³/mol. The maximum absolute atomic E-state index is 13.2. The zero-order chi connectivity index (χ0) is 20.1. The summed E-state index contributed by atoms with van der Waals surface area (Å²) >= 11 is 6.27. The Morgan fingerprint density at radius 1 is 1.07 bits per heavy atom. The minimum atomic E-state index is -0.609. The summed E-state index contributed by atoms with van der Waals surface area (Å²) in [6, 6.07) is 14.1. The average molecular weight is 398 g/mol. The summed E-state index contributed by atoms with van der Waals surface area (Å²) in [4.78, 5) is 34.2. The van der Waals surface area contributed by atoms with E-state index in [0.29, 0.717) is 28.4 Å². The van der Waals surface area contributed by atoms with Crippen molar-refractivity contribution < 1.29 is 9.59 Å². The second-order valence-corrected chi connectivity index (χ2v) is 6.98. The van der Waals surface area contributed by atoms with Crippen LogP contribution in [0.3, 0.4) is 0 Å². The molecular formula is C22H24ClN3O2. The number of hydrogen-bond acceptors (Lipinski definition) is 4. The number of likely N-dealkylation sites (N-methyl/N-ethyl adjacent to an activating group) is 1. The lowest BCUT2D eigenvalue weighted by Gasteiger charge is -2.31. The second kappa shape index (κ2) is 9.13. The zero-order valence-corrected chi connectivity index (χ0v) is 16.9. The van der Waals surface area contributed by atoms with Crippen molar-refractivity contribution >= 4 is 35.3 Å². The normalized spacial score (nSPS) is 16.9. The van der Waals surface area contributed by atoms with E-state index in [1.807, 2.05) is 12.1 Å². The highest BCUT2D eigenvalue weighted by molar-refractivity contribution is 6.37. The molecule has 0 bridgehead atoms. The molecule has 0 aliphatic carbocycles. The summed E-state index contributed by atoms with van der Waals surface area (Å²) in [6.07, 6.45) is 1.67. The van der Waals surface area contributed by atoms with Crippen LogP contribution in [-0.4, -0.2) is 49.1 Å². The van der Waals surface area contributed by atoms with Gasteiger partial charge in [0.25, 0.3) is 5.91 Å². The summed E-state index contributed by atoms with van der Waals surface area (Å²) in [7, 11) is 0. The summed E-state index contributed by atoms with van der Waals surface area (Å²) in [5.74, 6) is -1.30. The first-order valence-corrected chi connectivity index (χ1v) is 9.90. The van der Waals surface area contributed by atoms with E-state index in [9.17, 15) is 9.59 Å². The van der Waals surface area contributed by atoms with Gasteiger partial charge in [-0.25, -0.2) is 4.90 Å². The lowest BCUT2D eigenvalue weighted by Crippen LogP contribution is -2.45. The molecule has 5 nitrogen and oxygen atoms in total. The van der Waals surface area contributed by atoms with Crippen LogP contribution in [0.5, 0.6) is 0 Å². The summed E-state index contributed by atoms with van der Waals surface area (Å²) in [6.45, 7) is 7.59. The number of benzene rings is 2. The third-order valence-corrected chi connectivity index (χ3v) is 5.32. The fraction of sp³-hybridized carbons (Fsp3) is 0.318. The van der Waals surface area contributed by atoms with E-state index in [0.717, 1.165) is 19.6 Å². The molecule has 1 unspecified atom stereocenters. The molecule has 0 spiro atoms. The molecule has 0 saturated carbocycles. The molecule has 146 valence electrons. The lowest BCUT2D eigenvalue weighted by molar-refractivity contribution is -0.118. The van der Waals surface area contributed by atoms with Crippen LogP contribution in [0.4, 0.5) is 5.69 Å². The number of carbonyl (C=O) groups is 2. The number of nitrogens with zero attached hydrogens (tertiary/aromatic N) is 3. The van der Waals surface area contributed by atoms with Crippen LogP contribution < -0.4 is 4.90 Å². The summed E-state index contributed by atoms with van der Waals surface area (Å²) in [5, 5.41) is 0.362. The van der Waals surface area contributed by atoms with Crippen LogP contribution in [-0.2, 0) is 4.79 Å². The number of halogens is 1. The lowest BCUT2D eigenvalue weighted by atomic mass is 9.89. The molecule has 0 aromatic heterocycles. The molecule has 0 saturated heterocycles. The Labute approximate surface area is 170 Å². The zero-order valence-electron chi connectivity index (χ0n) is 16.1. The number of carbonyl (C=O) groups excluding carboxylic acids is 2. The van der Waals surface area contributed by atoms with Crippen molar-refractivity contribution in [2.75, 3.05) is 31.1 Å². The molecule has 1 aliphatic heterocycles. The molecule has 28 heavy (non-hydrogen) atoms. The summed E-state index contributed by atoms with van der Waals surface area (Å²) in [5.41, 5.74) is 1.59. The monoisotopic (exact) mass is 397 g/mol.